The molecule has 2 N–H and O–H groups in total. The van der Waals surface area contributed by atoms with Crippen LogP contribution in [0.5, 0.6) is 0 Å². The highest BCUT2D eigenvalue weighted by Crippen LogP contribution is 2.28. The van der Waals surface area contributed by atoms with Gasteiger partial charge in [-0.25, -0.2) is 0 Å². The molecule has 0 aliphatic rings. The second kappa shape index (κ2) is 4.61. The first-order valence-electron chi connectivity index (χ1n) is 6.28. The second-order valence-electron chi connectivity index (χ2n) is 5.70. The lowest BCUT2D eigenvalue weighted by Crippen LogP contribution is -2.26. The Balaban J connectivity index is 2.26. The molecule has 2 aromatic rings. The van der Waals surface area contributed by atoms with Crippen LogP contribution in [0.1, 0.15) is 39.4 Å². The first-order chi connectivity index (χ1) is 8.76. The number of rotatable bonds is 2. The molecule has 4 heteroatoms. The second-order valence-corrected chi connectivity index (χ2v) is 5.70. The Morgan fingerprint density at radius 2 is 2.00 bits per heavy atom. The van der Waals surface area contributed by atoms with Crippen molar-refractivity contribution >= 4 is 22.6 Å². The molecule has 0 aliphatic heterocycles. The van der Waals surface area contributed by atoms with Crippen LogP contribution in [0.4, 0.5) is 5.69 Å². The molecular formula is C15H19NO3. The molecule has 0 saturated heterocycles. The number of hydrogen-bond donors (Lipinski definition) is 1. The monoisotopic (exact) mass is 261 g/mol. The van der Waals surface area contributed by atoms with Gasteiger partial charge >= 0.3 is 5.97 Å². The Labute approximate surface area is 112 Å². The Kier molecular flexibility index (Phi) is 3.27. The number of carbonyl (C=O) groups is 1. The minimum atomic E-state index is -0.498. The normalized spacial score (nSPS) is 13.5. The molecular weight excluding hydrogens is 242 g/mol. The molecule has 1 heterocycles. The highest BCUT2D eigenvalue weighted by molar-refractivity contribution is 5.84. The van der Waals surface area contributed by atoms with Crippen LogP contribution in [0.3, 0.4) is 0 Å². The first kappa shape index (κ1) is 13.5. The smallest absolute Gasteiger partial charge is 0.316 e. The molecule has 1 unspecified atom stereocenters. The van der Waals surface area contributed by atoms with E-state index in [0.717, 1.165) is 11.0 Å². The molecule has 0 radical (unpaired) electrons. The van der Waals surface area contributed by atoms with Crippen molar-refractivity contribution in [3.63, 3.8) is 0 Å². The molecule has 0 amide bonds. The van der Waals surface area contributed by atoms with E-state index >= 15 is 0 Å². The standard InChI is InChI=1S/C15H19NO3/c1-9(14(17)19-15(2,3)4)13-8-10-7-11(16)5-6-12(10)18-13/h5-9H,16H2,1-4H3. The fraction of sp³-hybridized carbons (Fsp3) is 0.400. The summed E-state index contributed by atoms with van der Waals surface area (Å²) in [7, 11) is 0. The summed E-state index contributed by atoms with van der Waals surface area (Å²) in [5, 5.41) is 0.894. The molecule has 102 valence electrons. The van der Waals surface area contributed by atoms with Gasteiger partial charge in [-0.15, -0.1) is 0 Å². The van der Waals surface area contributed by atoms with Crippen LogP contribution < -0.4 is 5.73 Å². The van der Waals surface area contributed by atoms with E-state index in [0.29, 0.717) is 11.4 Å². The maximum absolute atomic E-state index is 12.0. The number of esters is 1. The van der Waals surface area contributed by atoms with Crippen molar-refractivity contribution in [1.29, 1.82) is 0 Å². The summed E-state index contributed by atoms with van der Waals surface area (Å²) in [6.07, 6.45) is 0. The molecule has 1 aromatic carbocycles. The van der Waals surface area contributed by atoms with Crippen molar-refractivity contribution < 1.29 is 13.9 Å². The Hall–Kier alpha value is -1.97. The number of nitrogen functional groups attached to an aromatic ring is 1. The topological polar surface area (TPSA) is 65.5 Å². The molecule has 1 atom stereocenters. The summed E-state index contributed by atoms with van der Waals surface area (Å²) < 4.78 is 11.0. The highest BCUT2D eigenvalue weighted by Gasteiger charge is 2.25. The predicted molar refractivity (Wildman–Crippen MR) is 74.9 cm³/mol. The predicted octanol–water partition coefficient (Wildman–Crippen LogP) is 3.46. The van der Waals surface area contributed by atoms with Gasteiger partial charge < -0.3 is 14.9 Å². The third-order valence-electron chi connectivity index (χ3n) is 2.75. The van der Waals surface area contributed by atoms with Gasteiger partial charge in [0.25, 0.3) is 0 Å². The van der Waals surface area contributed by atoms with Gasteiger partial charge in [0.15, 0.2) is 0 Å². The minimum Gasteiger partial charge on any atom is -0.460 e. The molecule has 4 nitrogen and oxygen atoms in total. The zero-order chi connectivity index (χ0) is 14.2. The lowest BCUT2D eigenvalue weighted by Gasteiger charge is -2.21. The molecule has 1 aromatic heterocycles. The Morgan fingerprint density at radius 3 is 2.63 bits per heavy atom. The van der Waals surface area contributed by atoms with Gasteiger partial charge in [-0.05, 0) is 52.0 Å². The maximum atomic E-state index is 12.0. The van der Waals surface area contributed by atoms with Gasteiger partial charge in [0, 0.05) is 11.1 Å². The summed E-state index contributed by atoms with van der Waals surface area (Å²) >= 11 is 0. The summed E-state index contributed by atoms with van der Waals surface area (Å²) in [6, 6.07) is 7.23. The average molecular weight is 261 g/mol. The van der Waals surface area contributed by atoms with E-state index < -0.39 is 11.5 Å². The van der Waals surface area contributed by atoms with Gasteiger partial charge in [0.05, 0.1) is 0 Å². The van der Waals surface area contributed by atoms with E-state index in [2.05, 4.69) is 0 Å². The van der Waals surface area contributed by atoms with Crippen LogP contribution >= 0.6 is 0 Å². The number of furan rings is 1. The van der Waals surface area contributed by atoms with E-state index in [1.807, 2.05) is 32.9 Å². The lowest BCUT2D eigenvalue weighted by atomic mass is 10.1. The van der Waals surface area contributed by atoms with Crippen LogP contribution in [0.15, 0.2) is 28.7 Å². The highest BCUT2D eigenvalue weighted by atomic mass is 16.6. The number of hydrogen-bond acceptors (Lipinski definition) is 4. The minimum absolute atomic E-state index is 0.292. The van der Waals surface area contributed by atoms with Crippen molar-refractivity contribution in [1.82, 2.24) is 0 Å². The van der Waals surface area contributed by atoms with Crippen LogP contribution in [0.25, 0.3) is 11.0 Å². The lowest BCUT2D eigenvalue weighted by molar-refractivity contribution is -0.156. The molecule has 0 fully saturated rings. The molecule has 19 heavy (non-hydrogen) atoms. The number of benzene rings is 1. The average Bonchev–Trinajstić information content (AvgIpc) is 2.68. The summed E-state index contributed by atoms with van der Waals surface area (Å²) in [5.41, 5.74) is 6.61. The summed E-state index contributed by atoms with van der Waals surface area (Å²) in [4.78, 5) is 12.0. The fourth-order valence-corrected chi connectivity index (χ4v) is 1.80. The Morgan fingerprint density at radius 1 is 1.32 bits per heavy atom. The van der Waals surface area contributed by atoms with E-state index in [4.69, 9.17) is 14.9 Å². The van der Waals surface area contributed by atoms with Crippen molar-refractivity contribution in [2.45, 2.75) is 39.2 Å². The summed E-state index contributed by atoms with van der Waals surface area (Å²) in [5.74, 6) is -0.137. The van der Waals surface area contributed by atoms with Crippen molar-refractivity contribution in [3.8, 4) is 0 Å². The SMILES string of the molecule is CC(C(=O)OC(C)(C)C)c1cc2cc(N)ccc2o1. The number of anilines is 1. The fourth-order valence-electron chi connectivity index (χ4n) is 1.80. The Bertz CT molecular complexity index is 607. The van der Waals surface area contributed by atoms with Gasteiger partial charge in [-0.1, -0.05) is 0 Å². The largest absolute Gasteiger partial charge is 0.460 e. The van der Waals surface area contributed by atoms with Gasteiger partial charge in [-0.3, -0.25) is 4.79 Å². The van der Waals surface area contributed by atoms with E-state index in [1.54, 1.807) is 19.1 Å². The van der Waals surface area contributed by atoms with Crippen molar-refractivity contribution in [2.75, 3.05) is 5.73 Å². The van der Waals surface area contributed by atoms with E-state index in [1.165, 1.54) is 0 Å². The van der Waals surface area contributed by atoms with Crippen LogP contribution in [0.2, 0.25) is 0 Å². The number of fused-ring (bicyclic) bond motifs is 1. The van der Waals surface area contributed by atoms with E-state index in [-0.39, 0.29) is 5.97 Å². The quantitative estimate of drug-likeness (QED) is 0.664. The third kappa shape index (κ3) is 3.08. The van der Waals surface area contributed by atoms with Crippen LogP contribution in [-0.2, 0) is 9.53 Å². The molecule has 0 spiro atoms. The maximum Gasteiger partial charge on any atom is 0.316 e. The van der Waals surface area contributed by atoms with E-state index in [9.17, 15) is 4.79 Å². The van der Waals surface area contributed by atoms with Gasteiger partial charge in [0.1, 0.15) is 22.9 Å². The van der Waals surface area contributed by atoms with Gasteiger partial charge in [0.2, 0.25) is 0 Å². The summed E-state index contributed by atoms with van der Waals surface area (Å²) in [6.45, 7) is 7.31. The molecule has 0 saturated carbocycles. The first-order valence-corrected chi connectivity index (χ1v) is 6.28. The zero-order valence-corrected chi connectivity index (χ0v) is 11.7. The zero-order valence-electron chi connectivity index (χ0n) is 11.7. The molecule has 2 rings (SSSR count). The molecule has 0 bridgehead atoms. The van der Waals surface area contributed by atoms with Crippen molar-refractivity contribution in [3.05, 3.63) is 30.0 Å². The molecule has 0 aliphatic carbocycles. The van der Waals surface area contributed by atoms with Crippen molar-refractivity contribution in [2.24, 2.45) is 0 Å². The number of nitrogens with two attached hydrogens (primary N) is 1. The third-order valence-corrected chi connectivity index (χ3v) is 2.75. The van der Waals surface area contributed by atoms with Crippen LogP contribution in [0, 0.1) is 0 Å². The van der Waals surface area contributed by atoms with Crippen LogP contribution in [-0.4, -0.2) is 11.6 Å². The van der Waals surface area contributed by atoms with Gasteiger partial charge in [-0.2, -0.15) is 0 Å². The number of carbonyl (C=O) groups excluding carboxylic acids is 1. The number of ether oxygens (including phenoxy) is 1.